The number of benzene rings is 2. The summed E-state index contributed by atoms with van der Waals surface area (Å²) >= 11 is 6.04. The summed E-state index contributed by atoms with van der Waals surface area (Å²) in [6.07, 6.45) is 6.08. The lowest BCUT2D eigenvalue weighted by Gasteiger charge is -2.39. The zero-order valence-corrected chi connectivity index (χ0v) is 18.4. The van der Waals surface area contributed by atoms with Crippen LogP contribution in [-0.2, 0) is 26.8 Å². The van der Waals surface area contributed by atoms with Crippen LogP contribution in [-0.4, -0.2) is 27.4 Å². The molecule has 0 heterocycles. The van der Waals surface area contributed by atoms with Crippen LogP contribution in [0.15, 0.2) is 53.4 Å². The van der Waals surface area contributed by atoms with Gasteiger partial charge in [0.25, 0.3) is 0 Å². The highest BCUT2D eigenvalue weighted by atomic mass is 35.5. The molecule has 8 heteroatoms. The van der Waals surface area contributed by atoms with Crippen molar-refractivity contribution in [2.45, 2.75) is 49.0 Å². The van der Waals surface area contributed by atoms with Gasteiger partial charge in [-0.25, -0.2) is 13.6 Å². The Morgan fingerprint density at radius 1 is 1.00 bits per heavy atom. The van der Waals surface area contributed by atoms with E-state index in [-0.39, 0.29) is 22.9 Å². The van der Waals surface area contributed by atoms with Crippen molar-refractivity contribution in [3.63, 3.8) is 0 Å². The van der Waals surface area contributed by atoms with Crippen LogP contribution in [0.25, 0.3) is 0 Å². The molecule has 0 radical (unpaired) electrons. The zero-order chi connectivity index (χ0) is 21.6. The number of amides is 1. The molecule has 162 valence electrons. The van der Waals surface area contributed by atoms with Crippen LogP contribution in [0.2, 0.25) is 5.02 Å². The molecule has 1 saturated carbocycles. The summed E-state index contributed by atoms with van der Waals surface area (Å²) in [4.78, 5) is 12.5. The van der Waals surface area contributed by atoms with Crippen LogP contribution in [0.4, 0.5) is 0 Å². The van der Waals surface area contributed by atoms with Crippen molar-refractivity contribution in [3.8, 4) is 0 Å². The third-order valence-corrected chi connectivity index (χ3v) is 6.86. The Morgan fingerprint density at radius 3 is 2.23 bits per heavy atom. The first kappa shape index (κ1) is 22.7. The summed E-state index contributed by atoms with van der Waals surface area (Å²) in [5, 5.41) is 12.2. The number of nitrogens with two attached hydrogens (primary N) is 1. The zero-order valence-electron chi connectivity index (χ0n) is 16.9. The normalized spacial score (nSPS) is 16.2. The maximum Gasteiger partial charge on any atom is 0.238 e. The summed E-state index contributed by atoms with van der Waals surface area (Å²) in [5.41, 5.74) is 1.92. The molecule has 1 fully saturated rings. The summed E-state index contributed by atoms with van der Waals surface area (Å²) in [6.45, 7) is 0.718. The summed E-state index contributed by atoms with van der Waals surface area (Å²) < 4.78 is 22.6. The van der Waals surface area contributed by atoms with Gasteiger partial charge in [0.05, 0.1) is 11.4 Å². The monoisotopic (exact) mass is 449 g/mol. The van der Waals surface area contributed by atoms with E-state index in [1.54, 1.807) is 12.1 Å². The highest BCUT2D eigenvalue weighted by molar-refractivity contribution is 7.89. The molecule has 0 spiro atoms. The Balaban J connectivity index is 1.51. The Hall–Kier alpha value is -1.93. The highest BCUT2D eigenvalue weighted by Gasteiger charge is 2.33. The molecular weight excluding hydrogens is 422 g/mol. The Labute approximate surface area is 183 Å². The Kier molecular flexibility index (Phi) is 7.52. The van der Waals surface area contributed by atoms with Gasteiger partial charge < -0.3 is 5.32 Å². The number of halogens is 1. The SMILES string of the molecule is NS(=O)(=O)c1ccc(CCNC(=O)CNC2(c3ccc(Cl)cc3)CCCCC2)cc1. The molecule has 1 aliphatic rings. The van der Waals surface area contributed by atoms with Crippen LogP contribution >= 0.6 is 11.6 Å². The first-order valence-corrected chi connectivity index (χ1v) is 12.1. The molecule has 3 rings (SSSR count). The molecule has 0 atom stereocenters. The van der Waals surface area contributed by atoms with Gasteiger partial charge >= 0.3 is 0 Å². The van der Waals surface area contributed by atoms with Gasteiger partial charge in [-0.2, -0.15) is 0 Å². The van der Waals surface area contributed by atoms with E-state index in [0.717, 1.165) is 31.2 Å². The molecule has 2 aromatic rings. The van der Waals surface area contributed by atoms with Crippen molar-refractivity contribution in [1.82, 2.24) is 10.6 Å². The first-order chi connectivity index (χ1) is 14.3. The highest BCUT2D eigenvalue weighted by Crippen LogP contribution is 2.37. The van der Waals surface area contributed by atoms with Crippen molar-refractivity contribution in [2.75, 3.05) is 13.1 Å². The minimum atomic E-state index is -3.69. The lowest BCUT2D eigenvalue weighted by atomic mass is 9.76. The predicted octanol–water partition coefficient (Wildman–Crippen LogP) is 3.10. The number of rotatable bonds is 8. The number of carbonyl (C=O) groups excluding carboxylic acids is 1. The number of nitrogens with one attached hydrogen (secondary N) is 2. The Bertz CT molecular complexity index is 954. The quantitative estimate of drug-likeness (QED) is 0.576. The Morgan fingerprint density at radius 2 is 1.63 bits per heavy atom. The van der Waals surface area contributed by atoms with Crippen molar-refractivity contribution >= 4 is 27.5 Å². The van der Waals surface area contributed by atoms with Crippen LogP contribution in [0.3, 0.4) is 0 Å². The van der Waals surface area contributed by atoms with Crippen molar-refractivity contribution in [1.29, 1.82) is 0 Å². The number of primary sulfonamides is 1. The molecule has 30 heavy (non-hydrogen) atoms. The summed E-state index contributed by atoms with van der Waals surface area (Å²) in [5.74, 6) is -0.0601. The van der Waals surface area contributed by atoms with E-state index in [4.69, 9.17) is 16.7 Å². The van der Waals surface area contributed by atoms with Crippen molar-refractivity contribution in [2.24, 2.45) is 5.14 Å². The average molecular weight is 450 g/mol. The van der Waals surface area contributed by atoms with Gasteiger partial charge in [0.2, 0.25) is 15.9 Å². The molecule has 6 nitrogen and oxygen atoms in total. The van der Waals surface area contributed by atoms with Crippen LogP contribution in [0.1, 0.15) is 43.2 Å². The number of carbonyl (C=O) groups is 1. The molecule has 4 N–H and O–H groups in total. The number of hydrogen-bond acceptors (Lipinski definition) is 4. The van der Waals surface area contributed by atoms with E-state index in [1.165, 1.54) is 24.1 Å². The second kappa shape index (κ2) is 9.92. The van der Waals surface area contributed by atoms with Crippen molar-refractivity contribution < 1.29 is 13.2 Å². The van der Waals surface area contributed by atoms with E-state index in [1.807, 2.05) is 24.3 Å². The van der Waals surface area contributed by atoms with Gasteiger partial charge in [-0.05, 0) is 54.7 Å². The third-order valence-electron chi connectivity index (χ3n) is 5.68. The van der Waals surface area contributed by atoms with Crippen LogP contribution in [0.5, 0.6) is 0 Å². The van der Waals surface area contributed by atoms with Crippen molar-refractivity contribution in [3.05, 3.63) is 64.7 Å². The lowest BCUT2D eigenvalue weighted by Crippen LogP contribution is -2.48. The lowest BCUT2D eigenvalue weighted by molar-refractivity contribution is -0.120. The van der Waals surface area contributed by atoms with E-state index < -0.39 is 10.0 Å². The van der Waals surface area contributed by atoms with E-state index in [9.17, 15) is 13.2 Å². The molecule has 1 amide bonds. The largest absolute Gasteiger partial charge is 0.355 e. The molecule has 0 aromatic heterocycles. The second-order valence-corrected chi connectivity index (χ2v) is 9.79. The first-order valence-electron chi connectivity index (χ1n) is 10.2. The van der Waals surface area contributed by atoms with Gasteiger partial charge in [0.1, 0.15) is 0 Å². The van der Waals surface area contributed by atoms with E-state index >= 15 is 0 Å². The van der Waals surface area contributed by atoms with Gasteiger partial charge in [0, 0.05) is 17.1 Å². The fourth-order valence-electron chi connectivity index (χ4n) is 4.00. The molecule has 0 bridgehead atoms. The average Bonchev–Trinajstić information content (AvgIpc) is 2.73. The maximum absolute atomic E-state index is 12.4. The predicted molar refractivity (Wildman–Crippen MR) is 119 cm³/mol. The molecular formula is C22H28ClN3O3S. The van der Waals surface area contributed by atoms with Gasteiger partial charge in [-0.3, -0.25) is 10.1 Å². The van der Waals surface area contributed by atoms with Crippen LogP contribution in [0, 0.1) is 0 Å². The molecule has 1 aliphatic carbocycles. The van der Waals surface area contributed by atoms with Gasteiger partial charge in [-0.15, -0.1) is 0 Å². The molecule has 2 aromatic carbocycles. The van der Waals surface area contributed by atoms with Gasteiger partial charge in [-0.1, -0.05) is 55.1 Å². The topological polar surface area (TPSA) is 101 Å². The molecule has 0 unspecified atom stereocenters. The minimum Gasteiger partial charge on any atom is -0.355 e. The third kappa shape index (κ3) is 6.04. The smallest absolute Gasteiger partial charge is 0.238 e. The minimum absolute atomic E-state index is 0.0601. The fourth-order valence-corrected chi connectivity index (χ4v) is 4.64. The van der Waals surface area contributed by atoms with Gasteiger partial charge in [0.15, 0.2) is 0 Å². The molecule has 0 saturated heterocycles. The second-order valence-electron chi connectivity index (χ2n) is 7.79. The number of hydrogen-bond donors (Lipinski definition) is 3. The maximum atomic E-state index is 12.4. The fraction of sp³-hybridized carbons (Fsp3) is 0.409. The van der Waals surface area contributed by atoms with E-state index in [0.29, 0.717) is 18.0 Å². The standard InChI is InChI=1S/C22H28ClN3O3S/c23-19-8-6-18(7-9-19)22(13-2-1-3-14-22)26-16-21(27)25-15-12-17-4-10-20(11-5-17)30(24,28)29/h4-11,26H,1-3,12-16H2,(H,25,27)(H2,24,28,29). The number of sulfonamides is 1. The summed E-state index contributed by atoms with van der Waals surface area (Å²) in [7, 11) is -3.69. The van der Waals surface area contributed by atoms with E-state index in [2.05, 4.69) is 10.6 Å². The van der Waals surface area contributed by atoms with Crippen LogP contribution < -0.4 is 15.8 Å². The summed E-state index contributed by atoms with van der Waals surface area (Å²) in [6, 6.07) is 14.3. The molecule has 0 aliphatic heterocycles.